The lowest BCUT2D eigenvalue weighted by Crippen LogP contribution is -2.13. The highest BCUT2D eigenvalue weighted by Gasteiger charge is 2.14. The van der Waals surface area contributed by atoms with E-state index < -0.39 is 11.9 Å². The van der Waals surface area contributed by atoms with E-state index in [4.69, 9.17) is 23.2 Å². The molecule has 8 heteroatoms. The fourth-order valence-corrected chi connectivity index (χ4v) is 4.13. The SMILES string of the molecule is COC(=O)c1ccc(NC(=O)/C(C#N)=C/c2cn(Cc3ccc(Cl)cc3Cl)c3ccccc23)cc1. The zero-order valence-corrected chi connectivity index (χ0v) is 20.1. The standard InChI is InChI=1S/C27H19Cl2N3O3/c1-35-27(34)17-7-10-22(11-8-17)31-26(33)19(14-30)12-20-16-32(25-5-3-2-4-23(20)25)15-18-6-9-21(28)13-24(18)29/h2-13,16H,15H2,1H3,(H,31,33)/b19-12+. The molecule has 0 spiro atoms. The van der Waals surface area contributed by atoms with Gasteiger partial charge in [-0.3, -0.25) is 4.79 Å². The van der Waals surface area contributed by atoms with Crippen molar-refractivity contribution in [1.29, 1.82) is 5.26 Å². The van der Waals surface area contributed by atoms with Crippen molar-refractivity contribution >= 4 is 57.7 Å². The molecule has 1 heterocycles. The number of carbonyl (C=O) groups is 2. The third-order valence-corrected chi connectivity index (χ3v) is 5.99. The summed E-state index contributed by atoms with van der Waals surface area (Å²) in [6, 6.07) is 21.2. The van der Waals surface area contributed by atoms with Crippen LogP contribution in [0.5, 0.6) is 0 Å². The number of rotatable bonds is 6. The number of para-hydroxylation sites is 1. The number of benzene rings is 3. The van der Waals surface area contributed by atoms with E-state index in [9.17, 15) is 14.9 Å². The number of amides is 1. The summed E-state index contributed by atoms with van der Waals surface area (Å²) in [6.45, 7) is 0.491. The van der Waals surface area contributed by atoms with Gasteiger partial charge in [-0.05, 0) is 54.1 Å². The van der Waals surface area contributed by atoms with Crippen molar-refractivity contribution in [3.05, 3.63) is 105 Å². The number of carbonyl (C=O) groups excluding carboxylic acids is 2. The van der Waals surface area contributed by atoms with Crippen molar-refractivity contribution in [2.45, 2.75) is 6.54 Å². The van der Waals surface area contributed by atoms with Crippen molar-refractivity contribution in [2.75, 3.05) is 12.4 Å². The third-order valence-electron chi connectivity index (χ3n) is 5.40. The Labute approximate surface area is 211 Å². The maximum atomic E-state index is 12.8. The lowest BCUT2D eigenvalue weighted by Gasteiger charge is -2.08. The van der Waals surface area contributed by atoms with E-state index in [-0.39, 0.29) is 5.57 Å². The minimum atomic E-state index is -0.559. The molecule has 0 unspecified atom stereocenters. The van der Waals surface area contributed by atoms with Gasteiger partial charge in [0.15, 0.2) is 0 Å². The van der Waals surface area contributed by atoms with E-state index in [1.807, 2.05) is 47.2 Å². The highest BCUT2D eigenvalue weighted by molar-refractivity contribution is 6.35. The molecule has 3 aromatic carbocycles. The quantitative estimate of drug-likeness (QED) is 0.189. The highest BCUT2D eigenvalue weighted by Crippen LogP contribution is 2.27. The van der Waals surface area contributed by atoms with Crippen LogP contribution in [0.4, 0.5) is 5.69 Å². The predicted octanol–water partition coefficient (Wildman–Crippen LogP) is 6.33. The molecule has 1 aromatic heterocycles. The Balaban J connectivity index is 1.63. The molecule has 35 heavy (non-hydrogen) atoms. The summed E-state index contributed by atoms with van der Waals surface area (Å²) in [4.78, 5) is 24.4. The molecule has 1 amide bonds. The number of anilines is 1. The Bertz CT molecular complexity index is 1500. The summed E-state index contributed by atoms with van der Waals surface area (Å²) in [7, 11) is 1.29. The molecular formula is C27H19Cl2N3O3. The molecule has 0 fully saturated rings. The van der Waals surface area contributed by atoms with Crippen molar-refractivity contribution < 1.29 is 14.3 Å². The number of methoxy groups -OCH3 is 1. The second-order valence-electron chi connectivity index (χ2n) is 7.66. The van der Waals surface area contributed by atoms with Gasteiger partial charge in [0, 0.05) is 44.9 Å². The second-order valence-corrected chi connectivity index (χ2v) is 8.50. The minimum absolute atomic E-state index is 0.0607. The van der Waals surface area contributed by atoms with Crippen LogP contribution in [0.2, 0.25) is 10.0 Å². The molecule has 174 valence electrons. The van der Waals surface area contributed by atoms with Crippen LogP contribution < -0.4 is 5.32 Å². The zero-order valence-electron chi connectivity index (χ0n) is 18.6. The summed E-state index contributed by atoms with van der Waals surface area (Å²) in [5, 5.41) is 14.4. The first-order valence-corrected chi connectivity index (χ1v) is 11.3. The number of esters is 1. The average Bonchev–Trinajstić information content (AvgIpc) is 3.21. The fraction of sp³-hybridized carbons (Fsp3) is 0.0741. The van der Waals surface area contributed by atoms with Gasteiger partial charge in [0.25, 0.3) is 5.91 Å². The number of halogens is 2. The van der Waals surface area contributed by atoms with Gasteiger partial charge in [-0.2, -0.15) is 5.26 Å². The van der Waals surface area contributed by atoms with Crippen molar-refractivity contribution in [1.82, 2.24) is 4.57 Å². The van der Waals surface area contributed by atoms with E-state index in [1.165, 1.54) is 19.2 Å². The number of aromatic nitrogens is 1. The number of nitrogens with zero attached hydrogens (tertiary/aromatic N) is 2. The molecule has 0 aliphatic rings. The van der Waals surface area contributed by atoms with Gasteiger partial charge in [-0.15, -0.1) is 0 Å². The fourth-order valence-electron chi connectivity index (χ4n) is 3.66. The number of fused-ring (bicyclic) bond motifs is 1. The lowest BCUT2D eigenvalue weighted by molar-refractivity contribution is -0.112. The Morgan fingerprint density at radius 2 is 1.83 bits per heavy atom. The predicted molar refractivity (Wildman–Crippen MR) is 138 cm³/mol. The molecule has 0 bridgehead atoms. The second kappa shape index (κ2) is 10.5. The topological polar surface area (TPSA) is 84.1 Å². The zero-order chi connectivity index (χ0) is 24.9. The van der Waals surface area contributed by atoms with E-state index in [1.54, 1.807) is 30.3 Å². The van der Waals surface area contributed by atoms with Crippen LogP contribution in [0.15, 0.2) is 78.5 Å². The summed E-state index contributed by atoms with van der Waals surface area (Å²) < 4.78 is 6.68. The van der Waals surface area contributed by atoms with Gasteiger partial charge in [-0.25, -0.2) is 4.79 Å². The van der Waals surface area contributed by atoms with Gasteiger partial charge in [0.2, 0.25) is 0 Å². The average molecular weight is 504 g/mol. The largest absolute Gasteiger partial charge is 0.465 e. The molecule has 0 aliphatic heterocycles. The molecule has 0 radical (unpaired) electrons. The Kier molecular flexibility index (Phi) is 7.21. The van der Waals surface area contributed by atoms with Crippen LogP contribution in [0.1, 0.15) is 21.5 Å². The van der Waals surface area contributed by atoms with Gasteiger partial charge in [0.05, 0.1) is 12.7 Å². The summed E-state index contributed by atoms with van der Waals surface area (Å²) in [5.74, 6) is -1.03. The summed E-state index contributed by atoms with van der Waals surface area (Å²) >= 11 is 12.4. The molecule has 4 aromatic rings. The third kappa shape index (κ3) is 5.38. The number of ether oxygens (including phenoxy) is 1. The van der Waals surface area contributed by atoms with Crippen molar-refractivity contribution in [3.63, 3.8) is 0 Å². The molecule has 6 nitrogen and oxygen atoms in total. The Morgan fingerprint density at radius 3 is 2.51 bits per heavy atom. The lowest BCUT2D eigenvalue weighted by atomic mass is 10.1. The number of hydrogen-bond acceptors (Lipinski definition) is 4. The monoisotopic (exact) mass is 503 g/mol. The number of nitriles is 1. The molecule has 0 atom stereocenters. The maximum Gasteiger partial charge on any atom is 0.337 e. The van der Waals surface area contributed by atoms with Crippen LogP contribution in [0.25, 0.3) is 17.0 Å². The van der Waals surface area contributed by atoms with Crippen LogP contribution in [0, 0.1) is 11.3 Å². The molecule has 4 rings (SSSR count). The van der Waals surface area contributed by atoms with Gasteiger partial charge in [0.1, 0.15) is 11.6 Å². The van der Waals surface area contributed by atoms with Crippen molar-refractivity contribution in [2.24, 2.45) is 0 Å². The van der Waals surface area contributed by atoms with Gasteiger partial charge >= 0.3 is 5.97 Å². The van der Waals surface area contributed by atoms with E-state index in [0.29, 0.717) is 27.8 Å². The normalized spacial score (nSPS) is 11.2. The van der Waals surface area contributed by atoms with E-state index in [2.05, 4.69) is 10.1 Å². The van der Waals surface area contributed by atoms with Crippen molar-refractivity contribution in [3.8, 4) is 6.07 Å². The van der Waals surface area contributed by atoms with Gasteiger partial charge in [-0.1, -0.05) is 47.5 Å². The first-order valence-electron chi connectivity index (χ1n) is 10.5. The first-order chi connectivity index (χ1) is 16.9. The Hall–Kier alpha value is -4.05. The Morgan fingerprint density at radius 1 is 1.09 bits per heavy atom. The van der Waals surface area contributed by atoms with Crippen LogP contribution in [-0.2, 0) is 16.1 Å². The summed E-state index contributed by atoms with van der Waals surface area (Å²) in [5.41, 5.74) is 3.29. The smallest absolute Gasteiger partial charge is 0.337 e. The number of hydrogen-bond donors (Lipinski definition) is 1. The van der Waals surface area contributed by atoms with Crippen LogP contribution in [0.3, 0.4) is 0 Å². The summed E-state index contributed by atoms with van der Waals surface area (Å²) in [6.07, 6.45) is 3.44. The van der Waals surface area contributed by atoms with Crippen LogP contribution in [-0.4, -0.2) is 23.6 Å². The van der Waals surface area contributed by atoms with E-state index in [0.717, 1.165) is 22.0 Å². The molecule has 0 saturated carbocycles. The molecule has 0 saturated heterocycles. The first kappa shape index (κ1) is 24.1. The highest BCUT2D eigenvalue weighted by atomic mass is 35.5. The number of nitrogens with one attached hydrogen (secondary N) is 1. The van der Waals surface area contributed by atoms with Crippen LogP contribution >= 0.6 is 23.2 Å². The molecule has 1 N–H and O–H groups in total. The maximum absolute atomic E-state index is 12.8. The molecular weight excluding hydrogens is 485 g/mol. The van der Waals surface area contributed by atoms with E-state index >= 15 is 0 Å². The minimum Gasteiger partial charge on any atom is -0.465 e. The molecule has 0 aliphatic carbocycles. The van der Waals surface area contributed by atoms with Gasteiger partial charge < -0.3 is 14.6 Å².